The van der Waals surface area contributed by atoms with Crippen LogP contribution in [0.4, 0.5) is 5.82 Å². The second kappa shape index (κ2) is 6.64. The molecule has 128 valence electrons. The van der Waals surface area contributed by atoms with E-state index in [1.165, 1.54) is 0 Å². The lowest BCUT2D eigenvalue weighted by Crippen LogP contribution is -2.20. The molecule has 0 saturated heterocycles. The summed E-state index contributed by atoms with van der Waals surface area (Å²) in [6, 6.07) is 18.3. The van der Waals surface area contributed by atoms with Gasteiger partial charge in [0.15, 0.2) is 5.82 Å². The van der Waals surface area contributed by atoms with E-state index in [4.69, 9.17) is 5.73 Å². The Kier molecular flexibility index (Phi) is 4.03. The van der Waals surface area contributed by atoms with Crippen molar-refractivity contribution in [1.82, 2.24) is 15.7 Å². The summed E-state index contributed by atoms with van der Waals surface area (Å²) in [5.41, 5.74) is 9.27. The molecule has 26 heavy (non-hydrogen) atoms. The van der Waals surface area contributed by atoms with Crippen molar-refractivity contribution in [1.29, 1.82) is 0 Å². The molecule has 1 amide bonds. The van der Waals surface area contributed by atoms with Gasteiger partial charge in [0.1, 0.15) is 5.69 Å². The number of carbonyl (C=O) groups is 1. The van der Waals surface area contributed by atoms with Crippen LogP contribution in [0.15, 0.2) is 64.3 Å². The second-order valence-electron chi connectivity index (χ2n) is 5.80. The summed E-state index contributed by atoms with van der Waals surface area (Å²) in [6.07, 6.45) is 1.61. The third-order valence-electron chi connectivity index (χ3n) is 4.11. The maximum absolute atomic E-state index is 12.0. The number of aromatic nitrogens is 2. The van der Waals surface area contributed by atoms with Crippen molar-refractivity contribution in [2.24, 2.45) is 5.10 Å². The van der Waals surface area contributed by atoms with Gasteiger partial charge >= 0.3 is 0 Å². The molecule has 0 aliphatic rings. The van der Waals surface area contributed by atoms with Gasteiger partial charge in [-0.25, -0.2) is 10.1 Å². The van der Waals surface area contributed by atoms with E-state index < -0.39 is 0 Å². The highest BCUT2D eigenvalue weighted by atomic mass is 16.6. The van der Waals surface area contributed by atoms with Crippen molar-refractivity contribution in [3.8, 4) is 0 Å². The highest BCUT2D eigenvalue weighted by Crippen LogP contribution is 2.27. The Balaban J connectivity index is 1.64. The molecule has 0 bridgehead atoms. The minimum absolute atomic E-state index is 0.0526. The Labute approximate surface area is 148 Å². The predicted octanol–water partition coefficient (Wildman–Crippen LogP) is 2.65. The summed E-state index contributed by atoms with van der Waals surface area (Å²) in [7, 11) is 0. The third kappa shape index (κ3) is 2.98. The molecule has 0 unspecified atom stereocenters. The van der Waals surface area contributed by atoms with Gasteiger partial charge in [0.25, 0.3) is 0 Å². The number of carbonyl (C=O) groups excluding carboxylic acids is 1. The number of nitrogens with one attached hydrogen (secondary N) is 1. The van der Waals surface area contributed by atoms with E-state index in [2.05, 4.69) is 43.7 Å². The lowest BCUT2D eigenvalue weighted by Gasteiger charge is -2.07. The summed E-state index contributed by atoms with van der Waals surface area (Å²) in [6.45, 7) is 0. The van der Waals surface area contributed by atoms with Crippen molar-refractivity contribution >= 4 is 39.5 Å². The fraction of sp³-hybridized carbons (Fsp3) is 0.0526. The van der Waals surface area contributed by atoms with Gasteiger partial charge in [0.2, 0.25) is 5.91 Å². The van der Waals surface area contributed by atoms with Crippen molar-refractivity contribution in [2.75, 3.05) is 5.73 Å². The van der Waals surface area contributed by atoms with Crippen molar-refractivity contribution in [2.45, 2.75) is 6.42 Å². The lowest BCUT2D eigenvalue weighted by atomic mass is 9.97. The number of amides is 1. The monoisotopic (exact) mass is 345 g/mol. The highest BCUT2D eigenvalue weighted by Gasteiger charge is 2.11. The zero-order valence-corrected chi connectivity index (χ0v) is 13.7. The van der Waals surface area contributed by atoms with Crippen molar-refractivity contribution < 1.29 is 9.42 Å². The van der Waals surface area contributed by atoms with E-state index in [0.717, 1.165) is 27.1 Å². The summed E-state index contributed by atoms with van der Waals surface area (Å²) in [4.78, 5) is 12.0. The van der Waals surface area contributed by atoms with E-state index in [0.29, 0.717) is 0 Å². The van der Waals surface area contributed by atoms with Crippen LogP contribution in [0.2, 0.25) is 0 Å². The number of nitrogen functional groups attached to an aromatic ring is 1. The molecule has 0 saturated carbocycles. The average Bonchev–Trinajstić information content (AvgIpc) is 3.05. The third-order valence-corrected chi connectivity index (χ3v) is 4.11. The van der Waals surface area contributed by atoms with Gasteiger partial charge in [-0.2, -0.15) is 5.10 Å². The number of hydrazone groups is 1. The molecule has 0 radical (unpaired) electrons. The maximum Gasteiger partial charge on any atom is 0.246 e. The largest absolute Gasteiger partial charge is 0.379 e. The standard InChI is InChI=1S/C19H15N5O2/c20-19-17(23-26-24-19)10-18(25)22-21-11-16-14-7-3-1-5-12(14)9-13-6-2-4-8-15(13)16/h1-9,11H,10H2,(H2,20,24)(H,22,25)/b21-11-. The number of rotatable bonds is 4. The van der Waals surface area contributed by atoms with Crippen LogP contribution in [-0.4, -0.2) is 22.4 Å². The van der Waals surface area contributed by atoms with Crippen LogP contribution in [0.1, 0.15) is 11.3 Å². The quantitative estimate of drug-likeness (QED) is 0.336. The minimum Gasteiger partial charge on any atom is -0.379 e. The predicted molar refractivity (Wildman–Crippen MR) is 99.6 cm³/mol. The molecule has 1 aromatic heterocycles. The summed E-state index contributed by atoms with van der Waals surface area (Å²) >= 11 is 0. The normalized spacial score (nSPS) is 11.4. The number of fused-ring (bicyclic) bond motifs is 2. The van der Waals surface area contributed by atoms with Crippen LogP contribution >= 0.6 is 0 Å². The Morgan fingerprint density at radius 2 is 1.73 bits per heavy atom. The van der Waals surface area contributed by atoms with Gasteiger partial charge in [-0.1, -0.05) is 53.7 Å². The molecular weight excluding hydrogens is 330 g/mol. The molecule has 3 N–H and O–H groups in total. The van der Waals surface area contributed by atoms with E-state index in [-0.39, 0.29) is 23.8 Å². The maximum atomic E-state index is 12.0. The Morgan fingerprint density at radius 1 is 1.08 bits per heavy atom. The summed E-state index contributed by atoms with van der Waals surface area (Å²) < 4.78 is 4.47. The van der Waals surface area contributed by atoms with Gasteiger partial charge in [-0.05, 0) is 32.8 Å². The van der Waals surface area contributed by atoms with Gasteiger partial charge in [-0.15, -0.1) is 0 Å². The molecule has 0 aliphatic heterocycles. The number of hydrogen-bond acceptors (Lipinski definition) is 6. The number of hydrogen-bond donors (Lipinski definition) is 2. The lowest BCUT2D eigenvalue weighted by molar-refractivity contribution is -0.120. The van der Waals surface area contributed by atoms with E-state index in [1.54, 1.807) is 6.21 Å². The zero-order chi connectivity index (χ0) is 17.9. The average molecular weight is 345 g/mol. The van der Waals surface area contributed by atoms with Gasteiger partial charge in [-0.3, -0.25) is 4.79 Å². The fourth-order valence-electron chi connectivity index (χ4n) is 2.88. The second-order valence-corrected chi connectivity index (χ2v) is 5.80. The van der Waals surface area contributed by atoms with Crippen LogP contribution in [0.25, 0.3) is 21.5 Å². The smallest absolute Gasteiger partial charge is 0.246 e. The molecule has 0 atom stereocenters. The van der Waals surface area contributed by atoms with E-state index in [9.17, 15) is 4.79 Å². The van der Waals surface area contributed by atoms with Gasteiger partial charge < -0.3 is 5.73 Å². The first-order valence-electron chi connectivity index (χ1n) is 8.01. The molecule has 4 rings (SSSR count). The molecule has 0 fully saturated rings. The minimum atomic E-state index is -0.354. The highest BCUT2D eigenvalue weighted by molar-refractivity contribution is 6.13. The van der Waals surface area contributed by atoms with Gasteiger partial charge in [0, 0.05) is 5.56 Å². The summed E-state index contributed by atoms with van der Waals surface area (Å²) in [5, 5.41) is 15.5. The Morgan fingerprint density at radius 3 is 2.35 bits per heavy atom. The fourth-order valence-corrected chi connectivity index (χ4v) is 2.88. The number of nitrogens with zero attached hydrogens (tertiary/aromatic N) is 3. The number of anilines is 1. The molecule has 0 spiro atoms. The molecule has 3 aromatic carbocycles. The zero-order valence-electron chi connectivity index (χ0n) is 13.7. The molecule has 0 aliphatic carbocycles. The first-order valence-corrected chi connectivity index (χ1v) is 8.01. The first-order chi connectivity index (χ1) is 12.7. The molecule has 4 aromatic rings. The molecular formula is C19H15N5O2. The Hall–Kier alpha value is -3.74. The topological polar surface area (TPSA) is 106 Å². The van der Waals surface area contributed by atoms with E-state index >= 15 is 0 Å². The van der Waals surface area contributed by atoms with Crippen LogP contribution in [0.5, 0.6) is 0 Å². The molecule has 7 nitrogen and oxygen atoms in total. The molecule has 1 heterocycles. The number of nitrogens with two attached hydrogens (primary N) is 1. The van der Waals surface area contributed by atoms with E-state index in [1.807, 2.05) is 36.4 Å². The van der Waals surface area contributed by atoms with Crippen LogP contribution in [0, 0.1) is 0 Å². The van der Waals surface area contributed by atoms with Crippen molar-refractivity contribution in [3.63, 3.8) is 0 Å². The van der Waals surface area contributed by atoms with Gasteiger partial charge in [0.05, 0.1) is 12.6 Å². The van der Waals surface area contributed by atoms with Crippen LogP contribution < -0.4 is 11.2 Å². The van der Waals surface area contributed by atoms with Crippen LogP contribution in [-0.2, 0) is 11.2 Å². The van der Waals surface area contributed by atoms with Crippen molar-refractivity contribution in [3.05, 3.63) is 65.9 Å². The summed E-state index contributed by atoms with van der Waals surface area (Å²) in [5.74, 6) is -0.252. The first kappa shape index (κ1) is 15.8. The SMILES string of the molecule is Nc1nonc1CC(=O)N/N=C\c1c2ccccc2cc2ccccc12. The number of benzene rings is 3. The van der Waals surface area contributed by atoms with Crippen LogP contribution in [0.3, 0.4) is 0 Å². The Bertz CT molecular complexity index is 1080. The molecule has 7 heteroatoms.